The lowest BCUT2D eigenvalue weighted by atomic mass is 9.92. The highest BCUT2D eigenvalue weighted by atomic mass is 35.5. The third-order valence-electron chi connectivity index (χ3n) is 5.16. The van der Waals surface area contributed by atoms with E-state index in [1.165, 1.54) is 12.1 Å². The molecule has 4 N–H and O–H groups in total. The molecule has 2 aromatic carbocycles. The molecule has 0 bridgehead atoms. The molecule has 8 nitrogen and oxygen atoms in total. The first kappa shape index (κ1) is 23.3. The van der Waals surface area contributed by atoms with E-state index in [0.717, 1.165) is 17.7 Å². The Balaban J connectivity index is 1.62. The van der Waals surface area contributed by atoms with Gasteiger partial charge in [-0.25, -0.2) is 0 Å². The van der Waals surface area contributed by atoms with E-state index in [1.807, 2.05) is 0 Å². The van der Waals surface area contributed by atoms with Crippen LogP contribution in [0, 0.1) is 6.92 Å². The van der Waals surface area contributed by atoms with E-state index >= 15 is 0 Å². The van der Waals surface area contributed by atoms with E-state index in [1.54, 1.807) is 25.1 Å². The molecule has 1 aliphatic rings. The second-order valence-corrected chi connectivity index (χ2v) is 8.05. The summed E-state index contributed by atoms with van der Waals surface area (Å²) < 4.78 is 38.9. The van der Waals surface area contributed by atoms with Crippen LogP contribution in [0.4, 0.5) is 36.3 Å². The molecule has 0 radical (unpaired) electrons. The molecule has 12 heteroatoms. The molecule has 2 heterocycles. The summed E-state index contributed by atoms with van der Waals surface area (Å²) in [5.41, 5.74) is -0.458. The molecule has 1 aliphatic heterocycles. The van der Waals surface area contributed by atoms with Gasteiger partial charge >= 0.3 is 6.18 Å². The maximum Gasteiger partial charge on any atom is 0.416 e. The number of H-pyrrole nitrogens is 1. The molecule has 1 unspecified atom stereocenters. The van der Waals surface area contributed by atoms with Gasteiger partial charge in [-0.15, -0.1) is 0 Å². The number of carbonyl (C=O) groups excluding carboxylic acids is 2. The van der Waals surface area contributed by atoms with Crippen LogP contribution in [0.1, 0.15) is 29.0 Å². The van der Waals surface area contributed by atoms with Crippen LogP contribution in [0.15, 0.2) is 47.3 Å². The van der Waals surface area contributed by atoms with Gasteiger partial charge in [-0.1, -0.05) is 23.7 Å². The van der Waals surface area contributed by atoms with Crippen molar-refractivity contribution in [1.29, 1.82) is 0 Å². The second kappa shape index (κ2) is 8.82. The van der Waals surface area contributed by atoms with Crippen molar-refractivity contribution in [1.82, 2.24) is 9.97 Å². The van der Waals surface area contributed by atoms with Crippen molar-refractivity contribution in [3.63, 3.8) is 0 Å². The number of anilines is 4. The van der Waals surface area contributed by atoms with Gasteiger partial charge in [0, 0.05) is 22.8 Å². The molecule has 0 spiro atoms. The average molecular weight is 492 g/mol. The normalized spacial score (nSPS) is 15.3. The summed E-state index contributed by atoms with van der Waals surface area (Å²) in [6.45, 7) is 1.80. The number of fused-ring (bicyclic) bond motifs is 1. The smallest absolute Gasteiger partial charge is 0.326 e. The largest absolute Gasteiger partial charge is 0.416 e. The van der Waals surface area contributed by atoms with Crippen LogP contribution in [0.5, 0.6) is 0 Å². The minimum Gasteiger partial charge on any atom is -0.326 e. The highest BCUT2D eigenvalue weighted by molar-refractivity contribution is 6.31. The number of benzene rings is 2. The van der Waals surface area contributed by atoms with Crippen LogP contribution in [-0.4, -0.2) is 21.8 Å². The van der Waals surface area contributed by atoms with Crippen molar-refractivity contribution in [2.45, 2.75) is 25.4 Å². The van der Waals surface area contributed by atoms with Crippen LogP contribution >= 0.6 is 11.6 Å². The number of halogens is 4. The first-order valence-electron chi connectivity index (χ1n) is 9.96. The molecule has 0 saturated carbocycles. The Bertz CT molecular complexity index is 1360. The van der Waals surface area contributed by atoms with E-state index < -0.39 is 35.0 Å². The standard InChI is InChI=1S/C22H17ClF3N5O3/c1-10-5-6-13(8-15(10)23)27-19(33)14-9-16(32)29-18-17(14)20(34)31-21(30-18)28-12-4-2-3-11(7-12)22(24,25)26/h2-8,14H,9H2,1H3,(H,27,33)(H3,28,29,30,31,32,34). The van der Waals surface area contributed by atoms with Crippen molar-refractivity contribution >= 4 is 46.6 Å². The summed E-state index contributed by atoms with van der Waals surface area (Å²) in [7, 11) is 0. The fourth-order valence-corrected chi connectivity index (χ4v) is 3.65. The number of rotatable bonds is 4. The van der Waals surface area contributed by atoms with Gasteiger partial charge in [-0.3, -0.25) is 19.4 Å². The van der Waals surface area contributed by atoms with Crippen LogP contribution in [0.2, 0.25) is 5.02 Å². The zero-order chi connectivity index (χ0) is 24.6. The molecule has 2 amide bonds. The summed E-state index contributed by atoms with van der Waals surface area (Å²) in [5, 5.41) is 8.09. The summed E-state index contributed by atoms with van der Waals surface area (Å²) in [6.07, 6.45) is -4.84. The number of nitrogens with zero attached hydrogens (tertiary/aromatic N) is 1. The number of nitrogens with one attached hydrogen (secondary N) is 4. The van der Waals surface area contributed by atoms with E-state index in [0.29, 0.717) is 10.7 Å². The Morgan fingerprint density at radius 1 is 1.15 bits per heavy atom. The van der Waals surface area contributed by atoms with Gasteiger partial charge in [0.05, 0.1) is 17.0 Å². The number of carbonyl (C=O) groups is 2. The van der Waals surface area contributed by atoms with E-state index in [-0.39, 0.29) is 29.4 Å². The molecule has 1 atom stereocenters. The van der Waals surface area contributed by atoms with Gasteiger partial charge in [0.25, 0.3) is 5.56 Å². The van der Waals surface area contributed by atoms with Crippen LogP contribution in [0.3, 0.4) is 0 Å². The number of aromatic nitrogens is 2. The highest BCUT2D eigenvalue weighted by Crippen LogP contribution is 2.33. The Morgan fingerprint density at radius 3 is 2.62 bits per heavy atom. The van der Waals surface area contributed by atoms with Gasteiger partial charge < -0.3 is 16.0 Å². The number of hydrogen-bond donors (Lipinski definition) is 4. The molecule has 0 saturated heterocycles. The summed E-state index contributed by atoms with van der Waals surface area (Å²) in [4.78, 5) is 44.4. The highest BCUT2D eigenvalue weighted by Gasteiger charge is 2.35. The molecular weight excluding hydrogens is 475 g/mol. The number of aryl methyl sites for hydroxylation is 1. The van der Waals surface area contributed by atoms with Gasteiger partial charge in [0.15, 0.2) is 0 Å². The minimum absolute atomic E-state index is 0.0191. The molecule has 176 valence electrons. The van der Waals surface area contributed by atoms with Crippen molar-refractivity contribution in [3.05, 3.63) is 74.5 Å². The second-order valence-electron chi connectivity index (χ2n) is 7.64. The molecule has 34 heavy (non-hydrogen) atoms. The monoisotopic (exact) mass is 491 g/mol. The van der Waals surface area contributed by atoms with Crippen molar-refractivity contribution in [2.75, 3.05) is 16.0 Å². The molecule has 0 aliphatic carbocycles. The number of alkyl halides is 3. The topological polar surface area (TPSA) is 116 Å². The fourth-order valence-electron chi connectivity index (χ4n) is 3.46. The fraction of sp³-hybridized carbons (Fsp3) is 0.182. The molecule has 1 aromatic heterocycles. The first-order valence-corrected chi connectivity index (χ1v) is 10.3. The Hall–Kier alpha value is -3.86. The average Bonchev–Trinajstić information content (AvgIpc) is 2.75. The minimum atomic E-state index is -4.55. The quantitative estimate of drug-likeness (QED) is 0.427. The third-order valence-corrected chi connectivity index (χ3v) is 5.57. The van der Waals surface area contributed by atoms with Gasteiger partial charge in [0.1, 0.15) is 5.82 Å². The maximum atomic E-state index is 13.0. The number of amides is 2. The van der Waals surface area contributed by atoms with E-state index in [2.05, 4.69) is 25.9 Å². The lowest BCUT2D eigenvalue weighted by molar-refractivity contribution is -0.137. The van der Waals surface area contributed by atoms with Crippen molar-refractivity contribution in [2.24, 2.45) is 0 Å². The SMILES string of the molecule is Cc1ccc(NC(=O)C2CC(=O)Nc3nc(Nc4cccc(C(F)(F)F)c4)[nH]c(=O)c32)cc1Cl. The van der Waals surface area contributed by atoms with Crippen molar-refractivity contribution < 1.29 is 22.8 Å². The lowest BCUT2D eigenvalue weighted by Gasteiger charge is -2.23. The maximum absolute atomic E-state index is 13.0. The van der Waals surface area contributed by atoms with Crippen LogP contribution < -0.4 is 21.5 Å². The molecule has 0 fully saturated rings. The van der Waals surface area contributed by atoms with Gasteiger partial charge in [0.2, 0.25) is 17.8 Å². The summed E-state index contributed by atoms with van der Waals surface area (Å²) >= 11 is 6.08. The van der Waals surface area contributed by atoms with Gasteiger partial charge in [-0.05, 0) is 42.8 Å². The Morgan fingerprint density at radius 2 is 1.91 bits per heavy atom. The molecular formula is C22H17ClF3N5O3. The molecule has 3 aromatic rings. The van der Waals surface area contributed by atoms with E-state index in [4.69, 9.17) is 11.6 Å². The van der Waals surface area contributed by atoms with Crippen LogP contribution in [-0.2, 0) is 15.8 Å². The van der Waals surface area contributed by atoms with Crippen LogP contribution in [0.25, 0.3) is 0 Å². The predicted octanol–water partition coefficient (Wildman–Crippen LogP) is 4.56. The van der Waals surface area contributed by atoms with E-state index in [9.17, 15) is 27.6 Å². The van der Waals surface area contributed by atoms with Crippen molar-refractivity contribution in [3.8, 4) is 0 Å². The third kappa shape index (κ3) is 4.88. The number of hydrogen-bond acceptors (Lipinski definition) is 5. The zero-order valence-electron chi connectivity index (χ0n) is 17.5. The summed E-state index contributed by atoms with van der Waals surface area (Å²) in [5.74, 6) is -2.64. The molecule has 4 rings (SSSR count). The Kier molecular flexibility index (Phi) is 6.05. The number of aromatic amines is 1. The Labute approximate surface area is 195 Å². The first-order chi connectivity index (χ1) is 16.0. The predicted molar refractivity (Wildman–Crippen MR) is 120 cm³/mol. The zero-order valence-corrected chi connectivity index (χ0v) is 18.3. The lowest BCUT2D eigenvalue weighted by Crippen LogP contribution is -2.36. The summed E-state index contributed by atoms with van der Waals surface area (Å²) in [6, 6.07) is 9.19. The van der Waals surface area contributed by atoms with Gasteiger partial charge in [-0.2, -0.15) is 18.2 Å².